The molecule has 7 amide bonds. The fraction of sp³-hybridized carbons (Fsp3) is 0.765. The van der Waals surface area contributed by atoms with Crippen LogP contribution in [-0.2, 0) is 38.4 Å². The first-order valence-corrected chi connectivity index (χ1v) is 18.8. The molecular formula is C34H65N11O9. The topological polar surface area (TPSA) is 345 Å². The van der Waals surface area contributed by atoms with Crippen LogP contribution in [0.5, 0.6) is 0 Å². The highest BCUT2D eigenvalue weighted by atomic mass is 16.4. The summed E-state index contributed by atoms with van der Waals surface area (Å²) in [5.74, 6) is -4.92. The summed E-state index contributed by atoms with van der Waals surface area (Å²) in [7, 11) is 0. The fourth-order valence-corrected chi connectivity index (χ4v) is 5.23. The Labute approximate surface area is 317 Å². The lowest BCUT2D eigenvalue weighted by Gasteiger charge is -2.23. The average molecular weight is 772 g/mol. The molecule has 16 N–H and O–H groups in total. The number of aliphatic carboxylic acids is 1. The lowest BCUT2D eigenvalue weighted by Crippen LogP contribution is -2.54. The molecule has 0 aliphatic rings. The van der Waals surface area contributed by atoms with Crippen LogP contribution in [0.15, 0.2) is 0 Å². The van der Waals surface area contributed by atoms with Crippen molar-refractivity contribution >= 4 is 47.3 Å². The summed E-state index contributed by atoms with van der Waals surface area (Å²) in [4.78, 5) is 99.6. The maximum Gasteiger partial charge on any atom is 0.322 e. The molecule has 0 radical (unpaired) electrons. The van der Waals surface area contributed by atoms with Gasteiger partial charge in [-0.2, -0.15) is 0 Å². The van der Waals surface area contributed by atoms with Gasteiger partial charge < -0.3 is 65.3 Å². The number of unbranched alkanes of at least 4 members (excludes halogenated alkanes) is 4. The van der Waals surface area contributed by atoms with Crippen molar-refractivity contribution in [3.05, 3.63) is 0 Å². The molecule has 0 aliphatic heterocycles. The summed E-state index contributed by atoms with van der Waals surface area (Å²) >= 11 is 0. The van der Waals surface area contributed by atoms with E-state index in [0.29, 0.717) is 84.0 Å². The van der Waals surface area contributed by atoms with Gasteiger partial charge in [-0.1, -0.05) is 0 Å². The van der Waals surface area contributed by atoms with Crippen LogP contribution in [-0.4, -0.2) is 122 Å². The minimum Gasteiger partial charge on any atom is -0.480 e. The Kier molecular flexibility index (Phi) is 28.5. The normalized spacial score (nSPS) is 13.0. The standard InChI is InChI=1S/C34H65N11O9/c1-23(46)42-27(13-5-9-19-38)34(54)45-26(12-4-8-18-37)32(52)40-21-15-28(47)43-24(10-2-6-16-35)31(51)39-20-14-29(48)44-25(11-3-7-17-36)33(53)41-22-30(49)50/h24-27H,2-22,35-38H2,1H3,(H,39,51)(H,40,52)(H,41,53)(H,42,46)(H,43,47)(H,44,48)(H,45,54)(H,49,50)/t24-,25-,26-,27-/m0/s1. The minimum absolute atomic E-state index is 0.0939. The second-order valence-electron chi connectivity index (χ2n) is 12.9. The van der Waals surface area contributed by atoms with Crippen LogP contribution in [0.1, 0.15) is 96.8 Å². The van der Waals surface area contributed by atoms with Crippen LogP contribution in [0.4, 0.5) is 0 Å². The summed E-state index contributed by atoms with van der Waals surface area (Å²) in [5, 5.41) is 26.9. The Hall–Kier alpha value is -4.40. The number of carboxylic acids is 1. The monoisotopic (exact) mass is 771 g/mol. The van der Waals surface area contributed by atoms with E-state index in [1.54, 1.807) is 0 Å². The zero-order valence-electron chi connectivity index (χ0n) is 31.7. The van der Waals surface area contributed by atoms with Gasteiger partial charge in [0.1, 0.15) is 30.7 Å². The Bertz CT molecular complexity index is 1180. The number of rotatable bonds is 32. The first-order valence-electron chi connectivity index (χ1n) is 18.8. The second kappa shape index (κ2) is 31.0. The molecule has 0 heterocycles. The van der Waals surface area contributed by atoms with E-state index < -0.39 is 78.0 Å². The van der Waals surface area contributed by atoms with E-state index in [1.807, 2.05) is 0 Å². The predicted octanol–water partition coefficient (Wildman–Crippen LogP) is -3.33. The third-order valence-electron chi connectivity index (χ3n) is 8.13. The van der Waals surface area contributed by atoms with Crippen molar-refractivity contribution in [1.82, 2.24) is 37.2 Å². The molecule has 0 saturated carbocycles. The average Bonchev–Trinajstić information content (AvgIpc) is 3.12. The van der Waals surface area contributed by atoms with Gasteiger partial charge in [-0.05, 0) is 103 Å². The van der Waals surface area contributed by atoms with Crippen LogP contribution < -0.4 is 60.2 Å². The zero-order valence-corrected chi connectivity index (χ0v) is 31.7. The molecule has 4 atom stereocenters. The maximum atomic E-state index is 13.1. The third kappa shape index (κ3) is 24.8. The van der Waals surface area contributed by atoms with Crippen molar-refractivity contribution in [2.75, 3.05) is 45.8 Å². The quantitative estimate of drug-likeness (QED) is 0.0298. The smallest absolute Gasteiger partial charge is 0.322 e. The Morgan fingerprint density at radius 1 is 0.463 bits per heavy atom. The number of carboxylic acid groups (broad SMARTS) is 1. The molecule has 20 heteroatoms. The highest BCUT2D eigenvalue weighted by Crippen LogP contribution is 2.07. The number of nitrogens with two attached hydrogens (primary N) is 4. The van der Waals surface area contributed by atoms with E-state index in [0.717, 1.165) is 0 Å². The van der Waals surface area contributed by atoms with E-state index in [2.05, 4.69) is 37.2 Å². The van der Waals surface area contributed by atoms with E-state index in [1.165, 1.54) is 6.92 Å². The van der Waals surface area contributed by atoms with Crippen molar-refractivity contribution in [3.8, 4) is 0 Å². The molecule has 310 valence electrons. The summed E-state index contributed by atoms with van der Waals surface area (Å²) in [6, 6.07) is -3.72. The van der Waals surface area contributed by atoms with Gasteiger partial charge in [-0.3, -0.25) is 38.4 Å². The van der Waals surface area contributed by atoms with Gasteiger partial charge in [0, 0.05) is 32.9 Å². The summed E-state index contributed by atoms with van der Waals surface area (Å²) in [6.45, 7) is 2.09. The summed E-state index contributed by atoms with van der Waals surface area (Å²) in [5.41, 5.74) is 22.3. The molecular weight excluding hydrogens is 706 g/mol. The van der Waals surface area contributed by atoms with Crippen LogP contribution in [0.25, 0.3) is 0 Å². The van der Waals surface area contributed by atoms with Crippen molar-refractivity contribution < 1.29 is 43.5 Å². The summed E-state index contributed by atoms with van der Waals surface area (Å²) < 4.78 is 0. The molecule has 20 nitrogen and oxygen atoms in total. The molecule has 0 saturated heterocycles. The van der Waals surface area contributed by atoms with Gasteiger partial charge in [-0.15, -0.1) is 0 Å². The molecule has 0 unspecified atom stereocenters. The fourth-order valence-electron chi connectivity index (χ4n) is 5.23. The van der Waals surface area contributed by atoms with Crippen molar-refractivity contribution in [2.45, 2.75) is 121 Å². The Morgan fingerprint density at radius 3 is 1.13 bits per heavy atom. The van der Waals surface area contributed by atoms with Gasteiger partial charge in [0.25, 0.3) is 0 Å². The lowest BCUT2D eigenvalue weighted by molar-refractivity contribution is -0.138. The summed E-state index contributed by atoms with van der Waals surface area (Å²) in [6.07, 6.45) is 5.44. The molecule has 0 fully saturated rings. The first kappa shape index (κ1) is 49.6. The van der Waals surface area contributed by atoms with Crippen LogP contribution in [0.2, 0.25) is 0 Å². The van der Waals surface area contributed by atoms with Crippen LogP contribution in [0.3, 0.4) is 0 Å². The van der Waals surface area contributed by atoms with Crippen LogP contribution in [0, 0.1) is 0 Å². The Morgan fingerprint density at radius 2 is 0.796 bits per heavy atom. The molecule has 0 aromatic rings. The van der Waals surface area contributed by atoms with Gasteiger partial charge in [0.2, 0.25) is 41.4 Å². The molecule has 0 bridgehead atoms. The molecule has 0 aliphatic carbocycles. The van der Waals surface area contributed by atoms with Crippen LogP contribution >= 0.6 is 0 Å². The van der Waals surface area contributed by atoms with Crippen molar-refractivity contribution in [3.63, 3.8) is 0 Å². The number of carbonyl (C=O) groups excluding carboxylic acids is 7. The van der Waals surface area contributed by atoms with E-state index >= 15 is 0 Å². The highest BCUT2D eigenvalue weighted by molar-refractivity contribution is 5.92. The van der Waals surface area contributed by atoms with Crippen molar-refractivity contribution in [1.29, 1.82) is 0 Å². The molecule has 54 heavy (non-hydrogen) atoms. The highest BCUT2D eigenvalue weighted by Gasteiger charge is 2.27. The number of hydrogen-bond acceptors (Lipinski definition) is 12. The van der Waals surface area contributed by atoms with Crippen molar-refractivity contribution in [2.24, 2.45) is 22.9 Å². The molecule has 0 aromatic heterocycles. The number of nitrogens with one attached hydrogen (secondary N) is 7. The van der Waals surface area contributed by atoms with Gasteiger partial charge in [0.15, 0.2) is 0 Å². The zero-order chi connectivity index (χ0) is 40.7. The minimum atomic E-state index is -1.23. The largest absolute Gasteiger partial charge is 0.480 e. The number of amides is 7. The van der Waals surface area contributed by atoms with Gasteiger partial charge in [-0.25, -0.2) is 0 Å². The van der Waals surface area contributed by atoms with E-state index in [-0.39, 0.29) is 45.2 Å². The molecule has 0 rings (SSSR count). The van der Waals surface area contributed by atoms with Gasteiger partial charge in [0.05, 0.1) is 0 Å². The van der Waals surface area contributed by atoms with E-state index in [9.17, 15) is 38.4 Å². The third-order valence-corrected chi connectivity index (χ3v) is 8.13. The lowest BCUT2D eigenvalue weighted by atomic mass is 10.1. The van der Waals surface area contributed by atoms with Gasteiger partial charge >= 0.3 is 5.97 Å². The number of hydrogen-bond donors (Lipinski definition) is 12. The molecule has 0 spiro atoms. The molecule has 0 aromatic carbocycles. The predicted molar refractivity (Wildman–Crippen MR) is 201 cm³/mol. The second-order valence-corrected chi connectivity index (χ2v) is 12.9. The Balaban J connectivity index is 5.25. The first-order chi connectivity index (χ1) is 25.8. The SMILES string of the molecule is CC(=O)N[C@@H](CCCCN)C(=O)N[C@@H](CCCCN)C(=O)NCCC(=O)N[C@@H](CCCCN)C(=O)NCCC(=O)N[C@@H](CCCCN)C(=O)NCC(=O)O. The maximum absolute atomic E-state index is 13.1. The number of carbonyl (C=O) groups is 8. The van der Waals surface area contributed by atoms with E-state index in [4.69, 9.17) is 28.0 Å².